The number of carbonyl (C=O) groups excluding carboxylic acids is 3. The second-order valence-corrected chi connectivity index (χ2v) is 7.11. The van der Waals surface area contributed by atoms with Gasteiger partial charge in [-0.15, -0.1) is 0 Å². The molecule has 8 N–H and O–H groups in total. The molecule has 2 aromatic rings. The summed E-state index contributed by atoms with van der Waals surface area (Å²) < 4.78 is 0. The second kappa shape index (κ2) is 11.5. The molecule has 3 atom stereocenters. The van der Waals surface area contributed by atoms with Gasteiger partial charge in [0.05, 0.1) is 12.9 Å². The average molecular weight is 446 g/mol. The van der Waals surface area contributed by atoms with Crippen LogP contribution >= 0.6 is 0 Å². The molecule has 0 bridgehead atoms. The van der Waals surface area contributed by atoms with Crippen molar-refractivity contribution in [1.29, 1.82) is 0 Å². The van der Waals surface area contributed by atoms with Gasteiger partial charge in [0.15, 0.2) is 0 Å². The Morgan fingerprint density at radius 1 is 1.03 bits per heavy atom. The van der Waals surface area contributed by atoms with E-state index in [0.29, 0.717) is 11.3 Å². The van der Waals surface area contributed by atoms with E-state index in [0.717, 1.165) is 0 Å². The minimum absolute atomic E-state index is 0.0146. The Kier molecular flexibility index (Phi) is 8.72. The Hall–Kier alpha value is -3.93. The predicted molar refractivity (Wildman–Crippen MR) is 112 cm³/mol. The van der Waals surface area contributed by atoms with E-state index in [1.165, 1.54) is 31.6 Å². The van der Waals surface area contributed by atoms with Crippen molar-refractivity contribution in [3.05, 3.63) is 48.0 Å². The molecule has 12 heteroatoms. The fraction of sp³-hybridized carbons (Fsp3) is 0.350. The topological polar surface area (TPSA) is 200 Å². The Balaban J connectivity index is 2.12. The molecule has 1 aromatic carbocycles. The Bertz CT molecular complexity index is 931. The van der Waals surface area contributed by atoms with Gasteiger partial charge in [-0.3, -0.25) is 14.4 Å². The van der Waals surface area contributed by atoms with Crippen molar-refractivity contribution in [2.24, 2.45) is 5.73 Å². The first-order chi connectivity index (χ1) is 15.2. The molecule has 1 heterocycles. The van der Waals surface area contributed by atoms with E-state index in [1.807, 2.05) is 0 Å². The SMILES string of the molecule is CC(NC(=O)CN)C(=O)NC(Cc1cnc[nH]1)C(=O)NC(Cc1ccc(O)cc1)C(=O)O. The fourth-order valence-electron chi connectivity index (χ4n) is 2.83. The van der Waals surface area contributed by atoms with Crippen LogP contribution in [0.25, 0.3) is 0 Å². The second-order valence-electron chi connectivity index (χ2n) is 7.11. The Morgan fingerprint density at radius 2 is 1.69 bits per heavy atom. The van der Waals surface area contributed by atoms with Gasteiger partial charge in [0.2, 0.25) is 17.7 Å². The number of carboxylic acid groups (broad SMARTS) is 1. The molecule has 0 aliphatic heterocycles. The van der Waals surface area contributed by atoms with Crippen LogP contribution in [0.15, 0.2) is 36.8 Å². The van der Waals surface area contributed by atoms with E-state index in [4.69, 9.17) is 5.73 Å². The van der Waals surface area contributed by atoms with Gasteiger partial charge in [-0.25, -0.2) is 9.78 Å². The van der Waals surface area contributed by atoms with Gasteiger partial charge >= 0.3 is 5.97 Å². The zero-order valence-electron chi connectivity index (χ0n) is 17.4. The normalized spacial score (nSPS) is 13.4. The van der Waals surface area contributed by atoms with Crippen molar-refractivity contribution in [2.75, 3.05) is 6.54 Å². The van der Waals surface area contributed by atoms with E-state index < -0.39 is 41.8 Å². The average Bonchev–Trinajstić information content (AvgIpc) is 3.27. The molecule has 3 unspecified atom stereocenters. The summed E-state index contributed by atoms with van der Waals surface area (Å²) in [6, 6.07) is 2.54. The number of aromatic nitrogens is 2. The van der Waals surface area contributed by atoms with Gasteiger partial charge in [-0.05, 0) is 24.6 Å². The number of aromatic amines is 1. The van der Waals surface area contributed by atoms with E-state index >= 15 is 0 Å². The summed E-state index contributed by atoms with van der Waals surface area (Å²) in [6.07, 6.45) is 2.86. The number of imidazole rings is 1. The number of rotatable bonds is 11. The number of nitrogens with one attached hydrogen (secondary N) is 4. The van der Waals surface area contributed by atoms with Crippen LogP contribution in [0.1, 0.15) is 18.2 Å². The molecule has 0 radical (unpaired) electrons. The zero-order valence-corrected chi connectivity index (χ0v) is 17.4. The van der Waals surface area contributed by atoms with Crippen molar-refractivity contribution < 1.29 is 29.4 Å². The maximum Gasteiger partial charge on any atom is 0.326 e. The van der Waals surface area contributed by atoms with Crippen LogP contribution in [0.3, 0.4) is 0 Å². The molecule has 0 aliphatic carbocycles. The van der Waals surface area contributed by atoms with Crippen LogP contribution in [0, 0.1) is 0 Å². The first kappa shape index (κ1) is 24.3. The van der Waals surface area contributed by atoms with Crippen molar-refractivity contribution in [3.8, 4) is 5.75 Å². The number of carbonyl (C=O) groups is 4. The number of aromatic hydroxyl groups is 1. The molecule has 32 heavy (non-hydrogen) atoms. The molecular weight excluding hydrogens is 420 g/mol. The highest BCUT2D eigenvalue weighted by molar-refractivity contribution is 5.93. The lowest BCUT2D eigenvalue weighted by atomic mass is 10.0. The number of hydrogen-bond donors (Lipinski definition) is 7. The smallest absolute Gasteiger partial charge is 0.326 e. The highest BCUT2D eigenvalue weighted by Gasteiger charge is 2.29. The summed E-state index contributed by atoms with van der Waals surface area (Å²) in [5.74, 6) is -3.14. The van der Waals surface area contributed by atoms with Gasteiger partial charge in [0.1, 0.15) is 23.9 Å². The third-order valence-electron chi connectivity index (χ3n) is 4.56. The van der Waals surface area contributed by atoms with E-state index in [2.05, 4.69) is 25.9 Å². The summed E-state index contributed by atoms with van der Waals surface area (Å²) in [7, 11) is 0. The highest BCUT2D eigenvalue weighted by Crippen LogP contribution is 2.12. The highest BCUT2D eigenvalue weighted by atomic mass is 16.4. The molecule has 0 saturated heterocycles. The Labute approximate surface area is 183 Å². The number of H-pyrrole nitrogens is 1. The van der Waals surface area contributed by atoms with Gasteiger partial charge in [0.25, 0.3) is 0 Å². The maximum absolute atomic E-state index is 12.9. The maximum atomic E-state index is 12.9. The van der Waals surface area contributed by atoms with Crippen LogP contribution in [0.2, 0.25) is 0 Å². The number of benzene rings is 1. The standard InChI is InChI=1S/C20H26N6O6/c1-11(24-17(28)8-21)18(29)25-15(7-13-9-22-10-23-13)19(30)26-16(20(31)32)6-12-2-4-14(27)5-3-12/h2-5,9-11,15-16,27H,6-8,21H2,1H3,(H,22,23)(H,24,28)(H,25,29)(H,26,30)(H,31,32). The molecule has 0 fully saturated rings. The lowest BCUT2D eigenvalue weighted by Crippen LogP contribution is -2.56. The minimum atomic E-state index is -1.28. The van der Waals surface area contributed by atoms with Crippen LogP contribution in [0.4, 0.5) is 0 Å². The molecule has 2 rings (SSSR count). The number of amides is 3. The van der Waals surface area contributed by atoms with Gasteiger partial charge in [0, 0.05) is 24.7 Å². The number of phenols is 1. The molecule has 12 nitrogen and oxygen atoms in total. The van der Waals surface area contributed by atoms with Crippen molar-refractivity contribution >= 4 is 23.7 Å². The van der Waals surface area contributed by atoms with Gasteiger partial charge < -0.3 is 36.9 Å². The molecule has 172 valence electrons. The molecule has 0 aliphatic rings. The van der Waals surface area contributed by atoms with Crippen molar-refractivity contribution in [2.45, 2.75) is 37.9 Å². The predicted octanol–water partition coefficient (Wildman–Crippen LogP) is -1.58. The van der Waals surface area contributed by atoms with Crippen molar-refractivity contribution in [3.63, 3.8) is 0 Å². The van der Waals surface area contributed by atoms with Gasteiger partial charge in [-0.1, -0.05) is 12.1 Å². The fourth-order valence-corrected chi connectivity index (χ4v) is 2.83. The largest absolute Gasteiger partial charge is 0.508 e. The first-order valence-corrected chi connectivity index (χ1v) is 9.77. The van der Waals surface area contributed by atoms with Crippen LogP contribution in [0.5, 0.6) is 5.75 Å². The number of carboxylic acids is 1. The van der Waals surface area contributed by atoms with E-state index in [-0.39, 0.29) is 25.1 Å². The van der Waals surface area contributed by atoms with E-state index in [9.17, 15) is 29.4 Å². The van der Waals surface area contributed by atoms with Crippen LogP contribution in [-0.4, -0.2) is 68.5 Å². The van der Waals surface area contributed by atoms with Gasteiger partial charge in [-0.2, -0.15) is 0 Å². The molecule has 3 amide bonds. The number of aliphatic carboxylic acids is 1. The van der Waals surface area contributed by atoms with Crippen LogP contribution in [-0.2, 0) is 32.0 Å². The van der Waals surface area contributed by atoms with Crippen LogP contribution < -0.4 is 21.7 Å². The third kappa shape index (κ3) is 7.40. The number of hydrogen-bond acceptors (Lipinski definition) is 7. The molecule has 0 spiro atoms. The number of nitrogens with two attached hydrogens (primary N) is 1. The Morgan fingerprint density at radius 3 is 2.25 bits per heavy atom. The summed E-state index contributed by atoms with van der Waals surface area (Å²) in [6.45, 7) is 1.13. The van der Waals surface area contributed by atoms with Crippen molar-refractivity contribution in [1.82, 2.24) is 25.9 Å². The lowest BCUT2D eigenvalue weighted by Gasteiger charge is -2.23. The summed E-state index contributed by atoms with van der Waals surface area (Å²) >= 11 is 0. The zero-order chi connectivity index (χ0) is 23.7. The quantitative estimate of drug-likeness (QED) is 0.214. The monoisotopic (exact) mass is 446 g/mol. The first-order valence-electron chi connectivity index (χ1n) is 9.77. The summed E-state index contributed by atoms with van der Waals surface area (Å²) in [5.41, 5.74) is 6.35. The number of nitrogens with zero attached hydrogens (tertiary/aromatic N) is 1. The molecular formula is C20H26N6O6. The molecule has 0 saturated carbocycles. The third-order valence-corrected chi connectivity index (χ3v) is 4.56. The minimum Gasteiger partial charge on any atom is -0.508 e. The summed E-state index contributed by atoms with van der Waals surface area (Å²) in [4.78, 5) is 55.2. The molecule has 1 aromatic heterocycles. The lowest BCUT2D eigenvalue weighted by molar-refractivity contribution is -0.142. The summed E-state index contributed by atoms with van der Waals surface area (Å²) in [5, 5.41) is 26.3. The number of phenolic OH excluding ortho intramolecular Hbond substituents is 1. The van der Waals surface area contributed by atoms with E-state index in [1.54, 1.807) is 12.1 Å².